The quantitative estimate of drug-likeness (QED) is 0.698. The largest absolute Gasteiger partial charge is 0.317 e. The van der Waals surface area contributed by atoms with E-state index in [9.17, 15) is 4.79 Å². The second kappa shape index (κ2) is 5.54. The summed E-state index contributed by atoms with van der Waals surface area (Å²) in [4.78, 5) is 11.4. The lowest BCUT2D eigenvalue weighted by Gasteiger charge is -2.04. The molecule has 0 aliphatic rings. The van der Waals surface area contributed by atoms with Gasteiger partial charge in [0.2, 0.25) is 0 Å². The average Bonchev–Trinajstić information content (AvgIpc) is 2.15. The van der Waals surface area contributed by atoms with Gasteiger partial charge in [0, 0.05) is 12.6 Å². The van der Waals surface area contributed by atoms with E-state index in [-0.39, 0.29) is 5.56 Å². The highest BCUT2D eigenvalue weighted by atomic mass is 16.1. The van der Waals surface area contributed by atoms with Crippen LogP contribution in [0.15, 0.2) is 17.1 Å². The van der Waals surface area contributed by atoms with Crippen molar-refractivity contribution >= 4 is 0 Å². The summed E-state index contributed by atoms with van der Waals surface area (Å²) in [5.74, 6) is 0. The minimum absolute atomic E-state index is 0.0125. The van der Waals surface area contributed by atoms with Crippen LogP contribution >= 0.6 is 0 Å². The van der Waals surface area contributed by atoms with Crippen molar-refractivity contribution in [3.63, 3.8) is 0 Å². The molecule has 0 saturated carbocycles. The average molecular weight is 195 g/mol. The van der Waals surface area contributed by atoms with Crippen molar-refractivity contribution in [1.82, 2.24) is 15.1 Å². The summed E-state index contributed by atoms with van der Waals surface area (Å²) >= 11 is 0. The first-order valence-electron chi connectivity index (χ1n) is 4.98. The fourth-order valence-corrected chi connectivity index (χ4v) is 1.22. The molecule has 0 saturated heterocycles. The van der Waals surface area contributed by atoms with E-state index < -0.39 is 0 Å². The van der Waals surface area contributed by atoms with Gasteiger partial charge < -0.3 is 5.32 Å². The number of hydrogen-bond donors (Lipinski definition) is 1. The summed E-state index contributed by atoms with van der Waals surface area (Å²) in [5, 5.41) is 7.26. The summed E-state index contributed by atoms with van der Waals surface area (Å²) in [5.41, 5.74) is 0.902. The molecule has 1 aromatic heterocycles. The normalized spacial score (nSPS) is 10.4. The number of aryl methyl sites for hydroxylation is 2. The Labute approximate surface area is 84.0 Å². The van der Waals surface area contributed by atoms with Gasteiger partial charge in [-0.2, -0.15) is 5.10 Å². The van der Waals surface area contributed by atoms with E-state index in [0.717, 1.165) is 25.1 Å². The highest BCUT2D eigenvalue weighted by Crippen LogP contribution is 1.88. The Morgan fingerprint density at radius 2 is 2.36 bits per heavy atom. The number of nitrogens with one attached hydrogen (secondary N) is 1. The van der Waals surface area contributed by atoms with Crippen molar-refractivity contribution < 1.29 is 0 Å². The van der Waals surface area contributed by atoms with Crippen molar-refractivity contribution in [2.24, 2.45) is 0 Å². The first kappa shape index (κ1) is 10.9. The standard InChI is InChI=1S/C10H17N3O/c1-3-11-5-4-6-13-10(14)7-9(2)8-12-13/h7-8,11H,3-6H2,1-2H3. The monoisotopic (exact) mass is 195 g/mol. The molecule has 0 bridgehead atoms. The van der Waals surface area contributed by atoms with E-state index in [2.05, 4.69) is 17.3 Å². The van der Waals surface area contributed by atoms with Gasteiger partial charge in [-0.3, -0.25) is 4.79 Å². The molecule has 78 valence electrons. The molecule has 4 nitrogen and oxygen atoms in total. The third-order valence-electron chi connectivity index (χ3n) is 1.98. The molecule has 14 heavy (non-hydrogen) atoms. The molecule has 1 heterocycles. The maximum absolute atomic E-state index is 11.4. The molecule has 1 aromatic rings. The summed E-state index contributed by atoms with van der Waals surface area (Å²) < 4.78 is 1.50. The highest BCUT2D eigenvalue weighted by molar-refractivity contribution is 5.02. The molecule has 1 rings (SSSR count). The van der Waals surface area contributed by atoms with Gasteiger partial charge in [0.1, 0.15) is 0 Å². The van der Waals surface area contributed by atoms with Crippen LogP contribution in [0.25, 0.3) is 0 Å². The van der Waals surface area contributed by atoms with E-state index in [1.54, 1.807) is 12.3 Å². The van der Waals surface area contributed by atoms with Gasteiger partial charge in [-0.05, 0) is 32.0 Å². The Bertz CT molecular complexity index is 332. The first-order chi connectivity index (χ1) is 6.74. The summed E-state index contributed by atoms with van der Waals surface area (Å²) in [6, 6.07) is 1.61. The Balaban J connectivity index is 2.47. The van der Waals surface area contributed by atoms with Crippen LogP contribution in [0.5, 0.6) is 0 Å². The predicted molar refractivity (Wildman–Crippen MR) is 56.4 cm³/mol. The van der Waals surface area contributed by atoms with Crippen molar-refractivity contribution in [1.29, 1.82) is 0 Å². The fourth-order valence-electron chi connectivity index (χ4n) is 1.22. The number of hydrogen-bond acceptors (Lipinski definition) is 3. The fraction of sp³-hybridized carbons (Fsp3) is 0.600. The zero-order valence-electron chi connectivity index (χ0n) is 8.79. The molecule has 0 atom stereocenters. The van der Waals surface area contributed by atoms with Gasteiger partial charge >= 0.3 is 0 Å². The second-order valence-electron chi connectivity index (χ2n) is 3.30. The van der Waals surface area contributed by atoms with E-state index in [1.807, 2.05) is 6.92 Å². The summed E-state index contributed by atoms with van der Waals surface area (Å²) in [7, 11) is 0. The number of aromatic nitrogens is 2. The zero-order valence-corrected chi connectivity index (χ0v) is 8.79. The van der Waals surface area contributed by atoms with Gasteiger partial charge in [0.25, 0.3) is 5.56 Å². The molecule has 0 amide bonds. The van der Waals surface area contributed by atoms with Crippen LogP contribution in [-0.4, -0.2) is 22.9 Å². The molecule has 0 radical (unpaired) electrons. The van der Waals surface area contributed by atoms with Crippen LogP contribution in [-0.2, 0) is 6.54 Å². The molecule has 0 aromatic carbocycles. The maximum atomic E-state index is 11.4. The van der Waals surface area contributed by atoms with Crippen LogP contribution in [0.4, 0.5) is 0 Å². The molecule has 4 heteroatoms. The summed E-state index contributed by atoms with van der Waals surface area (Å²) in [6.07, 6.45) is 2.65. The maximum Gasteiger partial charge on any atom is 0.266 e. The molecular weight excluding hydrogens is 178 g/mol. The molecule has 1 N–H and O–H groups in total. The van der Waals surface area contributed by atoms with E-state index in [0.29, 0.717) is 6.54 Å². The Kier molecular flexibility index (Phi) is 4.32. The number of nitrogens with zero attached hydrogens (tertiary/aromatic N) is 2. The minimum atomic E-state index is -0.0125. The first-order valence-corrected chi connectivity index (χ1v) is 4.98. The van der Waals surface area contributed by atoms with Gasteiger partial charge in [0.05, 0.1) is 6.20 Å². The Hall–Kier alpha value is -1.16. The highest BCUT2D eigenvalue weighted by Gasteiger charge is 1.96. The van der Waals surface area contributed by atoms with Crippen LogP contribution in [0.2, 0.25) is 0 Å². The lowest BCUT2D eigenvalue weighted by molar-refractivity contribution is 0.526. The van der Waals surface area contributed by atoms with E-state index in [4.69, 9.17) is 0 Å². The predicted octanol–water partition coefficient (Wildman–Crippen LogP) is 0.551. The molecule has 0 spiro atoms. The molecule has 0 fully saturated rings. The van der Waals surface area contributed by atoms with E-state index >= 15 is 0 Å². The molecule has 0 aliphatic heterocycles. The van der Waals surface area contributed by atoms with Gasteiger partial charge in [-0.15, -0.1) is 0 Å². The molecule has 0 unspecified atom stereocenters. The van der Waals surface area contributed by atoms with Crippen molar-refractivity contribution in [2.75, 3.05) is 13.1 Å². The molecular formula is C10H17N3O. The van der Waals surface area contributed by atoms with Crippen molar-refractivity contribution in [3.05, 3.63) is 28.2 Å². The van der Waals surface area contributed by atoms with Gasteiger partial charge in [-0.25, -0.2) is 4.68 Å². The lowest BCUT2D eigenvalue weighted by atomic mass is 10.3. The van der Waals surface area contributed by atoms with Crippen LogP contribution < -0.4 is 10.9 Å². The van der Waals surface area contributed by atoms with Crippen LogP contribution in [0.3, 0.4) is 0 Å². The number of rotatable bonds is 5. The topological polar surface area (TPSA) is 46.9 Å². The van der Waals surface area contributed by atoms with Crippen molar-refractivity contribution in [3.8, 4) is 0 Å². The van der Waals surface area contributed by atoms with Crippen molar-refractivity contribution in [2.45, 2.75) is 26.8 Å². The minimum Gasteiger partial charge on any atom is -0.317 e. The third-order valence-corrected chi connectivity index (χ3v) is 1.98. The zero-order chi connectivity index (χ0) is 10.4. The Morgan fingerprint density at radius 3 is 3.00 bits per heavy atom. The second-order valence-corrected chi connectivity index (χ2v) is 3.30. The van der Waals surface area contributed by atoms with Gasteiger partial charge in [0.15, 0.2) is 0 Å². The SMILES string of the molecule is CCNCCCn1ncc(C)cc1=O. The van der Waals surface area contributed by atoms with Crippen LogP contribution in [0.1, 0.15) is 18.9 Å². The summed E-state index contributed by atoms with van der Waals surface area (Å²) in [6.45, 7) is 6.52. The Morgan fingerprint density at radius 1 is 1.57 bits per heavy atom. The smallest absolute Gasteiger partial charge is 0.266 e. The lowest BCUT2D eigenvalue weighted by Crippen LogP contribution is -2.24. The molecule has 0 aliphatic carbocycles. The van der Waals surface area contributed by atoms with Gasteiger partial charge in [-0.1, -0.05) is 6.92 Å². The van der Waals surface area contributed by atoms with Crippen LogP contribution in [0, 0.1) is 6.92 Å². The van der Waals surface area contributed by atoms with E-state index in [1.165, 1.54) is 4.68 Å². The third kappa shape index (κ3) is 3.30.